The van der Waals surface area contributed by atoms with Crippen LogP contribution in [-0.2, 0) is 0 Å². The van der Waals surface area contributed by atoms with Crippen molar-refractivity contribution in [1.29, 1.82) is 0 Å². The third-order valence-electron chi connectivity index (χ3n) is 6.28. The first-order valence-corrected chi connectivity index (χ1v) is 11.5. The molecule has 5 heterocycles. The molecule has 0 aliphatic carbocycles. The number of anilines is 3. The first-order valence-electron chi connectivity index (χ1n) is 11.5. The minimum absolute atomic E-state index is 0.282. The quantitative estimate of drug-likeness (QED) is 0.388. The Morgan fingerprint density at radius 3 is 2.86 bits per heavy atom. The molecule has 1 unspecified atom stereocenters. The maximum Gasteiger partial charge on any atom is 0.160 e. The van der Waals surface area contributed by atoms with Crippen molar-refractivity contribution >= 4 is 34.0 Å². The molecule has 0 saturated carbocycles. The van der Waals surface area contributed by atoms with Crippen LogP contribution in [0.5, 0.6) is 11.5 Å². The summed E-state index contributed by atoms with van der Waals surface area (Å²) < 4.78 is 22.9. The van der Waals surface area contributed by atoms with Gasteiger partial charge in [0.05, 0.1) is 11.2 Å². The molecule has 0 bridgehead atoms. The summed E-state index contributed by atoms with van der Waals surface area (Å²) in [6, 6.07) is 10.8. The standard InChI is InChI=1S/C25H23FN8O/c1-15-7-9-33(12-15)21-6-4-19-24(32-21)25(29-13-27-19)31-18-3-5-20(16(2)23(18)26)35-17-8-10-34-22(11-17)28-14-30-34/h3-6,8,10-11,13-15H,7,9,12H2,1-2H3,(H,27,29,31). The smallest absolute Gasteiger partial charge is 0.160 e. The molecule has 10 heteroatoms. The third-order valence-corrected chi connectivity index (χ3v) is 6.28. The van der Waals surface area contributed by atoms with Gasteiger partial charge in [0, 0.05) is 30.9 Å². The summed E-state index contributed by atoms with van der Waals surface area (Å²) in [5.41, 5.74) is 2.59. The van der Waals surface area contributed by atoms with Crippen molar-refractivity contribution in [2.45, 2.75) is 20.3 Å². The van der Waals surface area contributed by atoms with Gasteiger partial charge in [0.25, 0.3) is 0 Å². The number of aromatic nitrogens is 6. The lowest BCUT2D eigenvalue weighted by Gasteiger charge is -2.18. The van der Waals surface area contributed by atoms with Crippen molar-refractivity contribution in [3.05, 3.63) is 66.6 Å². The van der Waals surface area contributed by atoms with Crippen LogP contribution >= 0.6 is 0 Å². The van der Waals surface area contributed by atoms with Gasteiger partial charge < -0.3 is 15.0 Å². The van der Waals surface area contributed by atoms with Gasteiger partial charge in [-0.15, -0.1) is 0 Å². The molecule has 0 radical (unpaired) electrons. The molecule has 1 atom stereocenters. The first-order chi connectivity index (χ1) is 17.0. The Balaban J connectivity index is 1.29. The second kappa shape index (κ2) is 8.46. The molecular formula is C25H23FN8O. The molecule has 0 spiro atoms. The highest BCUT2D eigenvalue weighted by Crippen LogP contribution is 2.33. The van der Waals surface area contributed by atoms with E-state index in [0.29, 0.717) is 45.5 Å². The summed E-state index contributed by atoms with van der Waals surface area (Å²) in [6.45, 7) is 5.85. The molecule has 1 N–H and O–H groups in total. The zero-order valence-corrected chi connectivity index (χ0v) is 19.3. The fraction of sp³-hybridized carbons (Fsp3) is 0.240. The number of rotatable bonds is 5. The third kappa shape index (κ3) is 3.96. The fourth-order valence-corrected chi connectivity index (χ4v) is 4.33. The average molecular weight is 471 g/mol. The van der Waals surface area contributed by atoms with E-state index < -0.39 is 5.82 Å². The van der Waals surface area contributed by atoms with E-state index in [0.717, 1.165) is 25.3 Å². The normalized spacial score (nSPS) is 15.7. The van der Waals surface area contributed by atoms with Crippen molar-refractivity contribution in [3.63, 3.8) is 0 Å². The lowest BCUT2D eigenvalue weighted by Crippen LogP contribution is -2.20. The lowest BCUT2D eigenvalue weighted by molar-refractivity contribution is 0.471. The van der Waals surface area contributed by atoms with Gasteiger partial charge in [0.15, 0.2) is 17.3 Å². The van der Waals surface area contributed by atoms with Crippen molar-refractivity contribution in [2.24, 2.45) is 5.92 Å². The lowest BCUT2D eigenvalue weighted by atomic mass is 10.1. The van der Waals surface area contributed by atoms with E-state index in [1.54, 1.807) is 41.9 Å². The van der Waals surface area contributed by atoms with Crippen LogP contribution in [0.3, 0.4) is 0 Å². The van der Waals surface area contributed by atoms with Gasteiger partial charge in [-0.3, -0.25) is 0 Å². The van der Waals surface area contributed by atoms with Crippen LogP contribution in [-0.4, -0.2) is 42.6 Å². The van der Waals surface area contributed by atoms with Gasteiger partial charge in [-0.05, 0) is 49.6 Å². The van der Waals surface area contributed by atoms with Gasteiger partial charge in [-0.1, -0.05) is 6.92 Å². The number of hydrogen-bond acceptors (Lipinski definition) is 8. The van der Waals surface area contributed by atoms with E-state index in [9.17, 15) is 0 Å². The summed E-state index contributed by atoms with van der Waals surface area (Å²) >= 11 is 0. The zero-order chi connectivity index (χ0) is 23.9. The van der Waals surface area contributed by atoms with E-state index in [2.05, 4.69) is 37.2 Å². The van der Waals surface area contributed by atoms with E-state index in [1.165, 1.54) is 12.7 Å². The molecule has 6 rings (SSSR count). The second-order valence-electron chi connectivity index (χ2n) is 8.80. The molecule has 1 aliphatic rings. The molecule has 5 aromatic rings. The van der Waals surface area contributed by atoms with Gasteiger partial charge in [-0.2, -0.15) is 5.10 Å². The number of nitrogens with zero attached hydrogens (tertiary/aromatic N) is 7. The number of benzene rings is 1. The van der Waals surface area contributed by atoms with Crippen molar-refractivity contribution in [3.8, 4) is 11.5 Å². The maximum absolute atomic E-state index is 15.4. The van der Waals surface area contributed by atoms with Crippen LogP contribution in [0.1, 0.15) is 18.9 Å². The Labute approximate surface area is 200 Å². The summed E-state index contributed by atoms with van der Waals surface area (Å²) in [6.07, 6.45) is 5.79. The molecule has 4 aromatic heterocycles. The SMILES string of the molecule is Cc1c(Oc2ccn3ncnc3c2)ccc(Nc2ncnc3ccc(N4CCC(C)C4)nc23)c1F. The number of pyridine rings is 2. The van der Waals surface area contributed by atoms with Gasteiger partial charge in [-0.25, -0.2) is 28.8 Å². The summed E-state index contributed by atoms with van der Waals surface area (Å²) in [4.78, 5) is 19.9. The molecule has 1 aromatic carbocycles. The van der Waals surface area contributed by atoms with E-state index >= 15 is 4.39 Å². The Morgan fingerprint density at radius 2 is 2.00 bits per heavy atom. The highest BCUT2D eigenvalue weighted by Gasteiger charge is 2.21. The maximum atomic E-state index is 15.4. The predicted molar refractivity (Wildman–Crippen MR) is 131 cm³/mol. The van der Waals surface area contributed by atoms with Crippen LogP contribution in [0.2, 0.25) is 0 Å². The zero-order valence-electron chi connectivity index (χ0n) is 19.3. The van der Waals surface area contributed by atoms with Crippen molar-refractivity contribution < 1.29 is 9.13 Å². The Kier molecular flexibility index (Phi) is 5.13. The number of hydrogen-bond donors (Lipinski definition) is 1. The van der Waals surface area contributed by atoms with Gasteiger partial charge >= 0.3 is 0 Å². The fourth-order valence-electron chi connectivity index (χ4n) is 4.33. The Bertz CT molecular complexity index is 1550. The largest absolute Gasteiger partial charge is 0.457 e. The van der Waals surface area contributed by atoms with Crippen LogP contribution in [0.25, 0.3) is 16.7 Å². The molecule has 35 heavy (non-hydrogen) atoms. The van der Waals surface area contributed by atoms with Crippen LogP contribution < -0.4 is 15.0 Å². The monoisotopic (exact) mass is 470 g/mol. The molecule has 9 nitrogen and oxygen atoms in total. The first kappa shape index (κ1) is 21.2. The Hall–Kier alpha value is -4.34. The second-order valence-corrected chi connectivity index (χ2v) is 8.80. The highest BCUT2D eigenvalue weighted by molar-refractivity contribution is 5.88. The average Bonchev–Trinajstić information content (AvgIpc) is 3.52. The van der Waals surface area contributed by atoms with Crippen LogP contribution in [0, 0.1) is 18.7 Å². The molecular weight excluding hydrogens is 447 g/mol. The van der Waals surface area contributed by atoms with Crippen molar-refractivity contribution in [1.82, 2.24) is 29.5 Å². The minimum atomic E-state index is -0.428. The van der Waals surface area contributed by atoms with Gasteiger partial charge in [0.1, 0.15) is 35.5 Å². The summed E-state index contributed by atoms with van der Waals surface area (Å²) in [5.74, 6) is 2.49. The molecule has 1 saturated heterocycles. The van der Waals surface area contributed by atoms with Crippen LogP contribution in [0.15, 0.2) is 55.2 Å². The molecule has 176 valence electrons. The minimum Gasteiger partial charge on any atom is -0.457 e. The number of fused-ring (bicyclic) bond motifs is 2. The predicted octanol–water partition coefficient (Wildman–Crippen LogP) is 4.90. The number of nitrogens with one attached hydrogen (secondary N) is 1. The molecule has 1 aliphatic heterocycles. The van der Waals surface area contributed by atoms with Crippen molar-refractivity contribution in [2.75, 3.05) is 23.3 Å². The van der Waals surface area contributed by atoms with E-state index in [4.69, 9.17) is 9.72 Å². The summed E-state index contributed by atoms with van der Waals surface area (Å²) in [5, 5.41) is 7.18. The van der Waals surface area contributed by atoms with E-state index in [-0.39, 0.29) is 5.69 Å². The topological polar surface area (TPSA) is 93.4 Å². The van der Waals surface area contributed by atoms with Gasteiger partial charge in [0.2, 0.25) is 0 Å². The van der Waals surface area contributed by atoms with E-state index in [1.807, 2.05) is 12.1 Å². The van der Waals surface area contributed by atoms with Crippen LogP contribution in [0.4, 0.5) is 21.7 Å². The highest BCUT2D eigenvalue weighted by atomic mass is 19.1. The Morgan fingerprint density at radius 1 is 1.09 bits per heavy atom. The molecule has 0 amide bonds. The number of ether oxygens (including phenoxy) is 1. The summed E-state index contributed by atoms with van der Waals surface area (Å²) in [7, 11) is 0. The molecule has 1 fully saturated rings. The number of halogens is 1.